The predicted molar refractivity (Wildman–Crippen MR) is 68.4 cm³/mol. The van der Waals surface area contributed by atoms with E-state index in [0.717, 1.165) is 19.4 Å². The van der Waals surface area contributed by atoms with Crippen molar-refractivity contribution in [2.24, 2.45) is 5.92 Å². The van der Waals surface area contributed by atoms with Gasteiger partial charge in [0.1, 0.15) is 6.23 Å². The van der Waals surface area contributed by atoms with Gasteiger partial charge in [0.15, 0.2) is 0 Å². The van der Waals surface area contributed by atoms with Crippen molar-refractivity contribution in [3.63, 3.8) is 0 Å². The highest BCUT2D eigenvalue weighted by Gasteiger charge is 2.29. The fourth-order valence-corrected chi connectivity index (χ4v) is 2.50. The van der Waals surface area contributed by atoms with Crippen molar-refractivity contribution in [3.05, 3.63) is 0 Å². The largest absolute Gasteiger partial charge is 0.466 e. The Labute approximate surface area is 113 Å². The molecule has 2 saturated heterocycles. The number of ether oxygens (including phenoxy) is 2. The van der Waals surface area contributed by atoms with Gasteiger partial charge in [-0.25, -0.2) is 4.79 Å². The number of urea groups is 1. The fourth-order valence-electron chi connectivity index (χ4n) is 2.50. The molecular weight excluding hydrogens is 248 g/mol. The zero-order valence-electron chi connectivity index (χ0n) is 11.4. The Hall–Kier alpha value is -1.30. The minimum atomic E-state index is -0.143. The number of likely N-dealkylation sites (tertiary alicyclic amines) is 1. The summed E-state index contributed by atoms with van der Waals surface area (Å²) in [6, 6.07) is -0.0887. The number of piperidine rings is 1. The van der Waals surface area contributed by atoms with Crippen LogP contribution in [0.2, 0.25) is 0 Å². The van der Waals surface area contributed by atoms with Crippen molar-refractivity contribution in [2.45, 2.75) is 38.8 Å². The average Bonchev–Trinajstić information content (AvgIpc) is 2.92. The molecule has 0 aliphatic carbocycles. The first-order valence-electron chi connectivity index (χ1n) is 7.04. The quantitative estimate of drug-likeness (QED) is 0.780. The maximum Gasteiger partial charge on any atom is 0.319 e. The maximum atomic E-state index is 12.0. The van der Waals surface area contributed by atoms with E-state index in [-0.39, 0.29) is 24.1 Å². The summed E-state index contributed by atoms with van der Waals surface area (Å²) in [6.45, 7) is 4.14. The van der Waals surface area contributed by atoms with Gasteiger partial charge in [-0.15, -0.1) is 0 Å². The Morgan fingerprint density at radius 1 is 1.32 bits per heavy atom. The number of carbonyl (C=O) groups is 2. The summed E-state index contributed by atoms with van der Waals surface area (Å²) < 4.78 is 10.4. The van der Waals surface area contributed by atoms with Crippen LogP contribution in [-0.4, -0.2) is 49.4 Å². The number of amides is 2. The van der Waals surface area contributed by atoms with Crippen LogP contribution in [0.4, 0.5) is 4.79 Å². The van der Waals surface area contributed by atoms with Crippen molar-refractivity contribution < 1.29 is 19.1 Å². The van der Waals surface area contributed by atoms with E-state index >= 15 is 0 Å². The number of nitrogens with zero attached hydrogens (tertiary/aromatic N) is 1. The molecule has 2 fully saturated rings. The van der Waals surface area contributed by atoms with E-state index in [1.54, 1.807) is 4.90 Å². The molecule has 1 unspecified atom stereocenters. The topological polar surface area (TPSA) is 67.9 Å². The predicted octanol–water partition coefficient (Wildman–Crippen LogP) is 1.11. The lowest BCUT2D eigenvalue weighted by Crippen LogP contribution is -2.48. The first kappa shape index (κ1) is 14.1. The Kier molecular flexibility index (Phi) is 5.01. The molecule has 108 valence electrons. The second kappa shape index (κ2) is 6.75. The molecule has 1 N–H and O–H groups in total. The summed E-state index contributed by atoms with van der Waals surface area (Å²) in [7, 11) is 0. The molecule has 0 radical (unpaired) electrons. The fraction of sp³-hybridized carbons (Fsp3) is 0.846. The minimum absolute atomic E-state index is 0.0632. The third-order valence-corrected chi connectivity index (χ3v) is 3.62. The van der Waals surface area contributed by atoms with Crippen molar-refractivity contribution in [2.75, 3.05) is 26.3 Å². The van der Waals surface area contributed by atoms with Gasteiger partial charge in [-0.3, -0.25) is 4.79 Å². The standard InChI is InChI=1S/C13H22N2O4/c1-2-18-12(16)10-5-7-15(8-6-10)13(17)14-11-4-3-9-19-11/h10-11H,2-9H2,1H3,(H,14,17). The first-order valence-corrected chi connectivity index (χ1v) is 7.04. The van der Waals surface area contributed by atoms with E-state index in [4.69, 9.17) is 9.47 Å². The molecule has 0 saturated carbocycles. The lowest BCUT2D eigenvalue weighted by atomic mass is 9.97. The van der Waals surface area contributed by atoms with Crippen LogP contribution in [0.15, 0.2) is 0 Å². The smallest absolute Gasteiger partial charge is 0.319 e. The van der Waals surface area contributed by atoms with E-state index in [0.29, 0.717) is 32.5 Å². The van der Waals surface area contributed by atoms with Gasteiger partial charge in [0, 0.05) is 19.7 Å². The molecule has 2 aliphatic heterocycles. The van der Waals surface area contributed by atoms with Crippen LogP contribution in [0.25, 0.3) is 0 Å². The second-order valence-electron chi connectivity index (χ2n) is 4.96. The Morgan fingerprint density at radius 3 is 2.63 bits per heavy atom. The second-order valence-corrected chi connectivity index (χ2v) is 4.96. The lowest BCUT2D eigenvalue weighted by Gasteiger charge is -2.31. The van der Waals surface area contributed by atoms with Crippen molar-refractivity contribution in [3.8, 4) is 0 Å². The molecule has 1 atom stereocenters. The van der Waals surface area contributed by atoms with E-state index in [1.807, 2.05) is 6.92 Å². The highest BCUT2D eigenvalue weighted by atomic mass is 16.5. The van der Waals surface area contributed by atoms with E-state index in [2.05, 4.69) is 5.32 Å². The van der Waals surface area contributed by atoms with Gasteiger partial charge in [0.05, 0.1) is 12.5 Å². The summed E-state index contributed by atoms with van der Waals surface area (Å²) in [4.78, 5) is 25.3. The normalized spacial score (nSPS) is 24.3. The van der Waals surface area contributed by atoms with Crippen LogP contribution in [0.1, 0.15) is 32.6 Å². The van der Waals surface area contributed by atoms with Gasteiger partial charge in [-0.1, -0.05) is 0 Å². The van der Waals surface area contributed by atoms with Crippen LogP contribution in [-0.2, 0) is 14.3 Å². The monoisotopic (exact) mass is 270 g/mol. The van der Waals surface area contributed by atoms with Gasteiger partial charge in [-0.05, 0) is 32.6 Å². The Morgan fingerprint density at radius 2 is 2.05 bits per heavy atom. The van der Waals surface area contributed by atoms with Crippen molar-refractivity contribution in [1.29, 1.82) is 0 Å². The molecule has 2 rings (SSSR count). The van der Waals surface area contributed by atoms with Gasteiger partial charge in [0.2, 0.25) is 0 Å². The number of hydrogen-bond acceptors (Lipinski definition) is 4. The number of hydrogen-bond donors (Lipinski definition) is 1. The molecule has 0 aromatic heterocycles. The molecule has 2 aliphatic rings. The van der Waals surface area contributed by atoms with Gasteiger partial charge in [-0.2, -0.15) is 0 Å². The number of esters is 1. The summed E-state index contributed by atoms with van der Waals surface area (Å²) in [5.41, 5.74) is 0. The summed E-state index contributed by atoms with van der Waals surface area (Å²) in [6.07, 6.45) is 3.09. The summed E-state index contributed by atoms with van der Waals surface area (Å²) in [5, 5.41) is 2.87. The Bertz CT molecular complexity index is 321. The summed E-state index contributed by atoms with van der Waals surface area (Å²) in [5.74, 6) is -0.201. The van der Waals surface area contributed by atoms with Gasteiger partial charge in [0.25, 0.3) is 0 Å². The minimum Gasteiger partial charge on any atom is -0.466 e. The third-order valence-electron chi connectivity index (χ3n) is 3.62. The zero-order valence-corrected chi connectivity index (χ0v) is 11.4. The van der Waals surface area contributed by atoms with Crippen molar-refractivity contribution in [1.82, 2.24) is 10.2 Å². The van der Waals surface area contributed by atoms with Gasteiger partial charge < -0.3 is 19.7 Å². The van der Waals surface area contributed by atoms with Crippen LogP contribution in [0.3, 0.4) is 0 Å². The highest BCUT2D eigenvalue weighted by molar-refractivity contribution is 5.76. The zero-order chi connectivity index (χ0) is 13.7. The molecule has 2 amide bonds. The van der Waals surface area contributed by atoms with Crippen molar-refractivity contribution >= 4 is 12.0 Å². The van der Waals surface area contributed by atoms with Crippen LogP contribution in [0.5, 0.6) is 0 Å². The van der Waals surface area contributed by atoms with Crippen LogP contribution in [0, 0.1) is 5.92 Å². The van der Waals surface area contributed by atoms with Gasteiger partial charge >= 0.3 is 12.0 Å². The summed E-state index contributed by atoms with van der Waals surface area (Å²) >= 11 is 0. The number of nitrogens with one attached hydrogen (secondary N) is 1. The molecule has 0 aromatic carbocycles. The molecule has 6 nitrogen and oxygen atoms in total. The molecular formula is C13H22N2O4. The molecule has 19 heavy (non-hydrogen) atoms. The number of carbonyl (C=O) groups excluding carboxylic acids is 2. The lowest BCUT2D eigenvalue weighted by molar-refractivity contribution is -0.149. The third kappa shape index (κ3) is 3.83. The highest BCUT2D eigenvalue weighted by Crippen LogP contribution is 2.19. The molecule has 6 heteroatoms. The average molecular weight is 270 g/mol. The van der Waals surface area contributed by atoms with E-state index < -0.39 is 0 Å². The molecule has 0 bridgehead atoms. The molecule has 2 heterocycles. The SMILES string of the molecule is CCOC(=O)C1CCN(C(=O)NC2CCCO2)CC1. The van der Waals surface area contributed by atoms with E-state index in [9.17, 15) is 9.59 Å². The number of rotatable bonds is 3. The molecule has 0 aromatic rings. The maximum absolute atomic E-state index is 12.0. The Balaban J connectivity index is 1.72. The van der Waals surface area contributed by atoms with Crippen LogP contribution < -0.4 is 5.32 Å². The van der Waals surface area contributed by atoms with Crippen LogP contribution >= 0.6 is 0 Å². The van der Waals surface area contributed by atoms with E-state index in [1.165, 1.54) is 0 Å². The molecule has 0 spiro atoms. The first-order chi connectivity index (χ1) is 9.20.